The average molecular weight is 260 g/mol. The van der Waals surface area contributed by atoms with Gasteiger partial charge in [0.1, 0.15) is 11.3 Å². The number of hydrogen-bond donors (Lipinski definition) is 2. The molecule has 0 fully saturated rings. The molecule has 1 atom stereocenters. The van der Waals surface area contributed by atoms with E-state index in [1.807, 2.05) is 18.2 Å². The summed E-state index contributed by atoms with van der Waals surface area (Å²) in [6.45, 7) is 0.778. The van der Waals surface area contributed by atoms with Gasteiger partial charge in [-0.05, 0) is 55.5 Å². The number of nitrogens with zero attached hydrogens (tertiary/aromatic N) is 1. The van der Waals surface area contributed by atoms with Crippen molar-refractivity contribution in [2.45, 2.75) is 31.2 Å². The molecule has 4 heteroatoms. The lowest BCUT2D eigenvalue weighted by Crippen LogP contribution is -2.44. The Balaban J connectivity index is 2.34. The number of nitrogens with one attached hydrogen (secondary N) is 1. The van der Waals surface area contributed by atoms with Crippen LogP contribution < -0.4 is 10.1 Å². The van der Waals surface area contributed by atoms with E-state index in [1.165, 1.54) is 5.56 Å². The van der Waals surface area contributed by atoms with Gasteiger partial charge in [0.05, 0.1) is 13.2 Å². The summed E-state index contributed by atoms with van der Waals surface area (Å²) < 4.78 is 5.27. The monoisotopic (exact) mass is 260 g/mol. The molecule has 0 radical (unpaired) electrons. The molecule has 1 aliphatic rings. The SMILES string of the molecule is COc1ccc2c(c1)C(C#N)(NCCCO)CCC2. The first-order valence-electron chi connectivity index (χ1n) is 6.70. The standard InChI is InChI=1S/C15H20N2O2/c1-19-13-6-5-12-4-2-7-15(11-16,14(12)10-13)17-8-3-9-18/h5-6,10,17-18H,2-4,7-9H2,1H3. The van der Waals surface area contributed by atoms with Gasteiger partial charge in [0.2, 0.25) is 0 Å². The Kier molecular flexibility index (Phi) is 4.41. The van der Waals surface area contributed by atoms with E-state index in [2.05, 4.69) is 11.4 Å². The molecule has 1 aromatic rings. The van der Waals surface area contributed by atoms with E-state index in [-0.39, 0.29) is 6.61 Å². The highest BCUT2D eigenvalue weighted by Crippen LogP contribution is 2.36. The molecule has 0 saturated heterocycles. The van der Waals surface area contributed by atoms with Gasteiger partial charge in [-0.15, -0.1) is 0 Å². The molecular weight excluding hydrogens is 240 g/mol. The summed E-state index contributed by atoms with van der Waals surface area (Å²) in [6.07, 6.45) is 3.46. The number of ether oxygens (including phenoxy) is 1. The predicted molar refractivity (Wildman–Crippen MR) is 72.9 cm³/mol. The van der Waals surface area contributed by atoms with Crippen LogP contribution in [0.2, 0.25) is 0 Å². The third kappa shape index (κ3) is 2.73. The van der Waals surface area contributed by atoms with E-state index >= 15 is 0 Å². The van der Waals surface area contributed by atoms with Crippen LogP contribution >= 0.6 is 0 Å². The fourth-order valence-electron chi connectivity index (χ4n) is 2.70. The summed E-state index contributed by atoms with van der Waals surface area (Å²) in [5, 5.41) is 21.8. The van der Waals surface area contributed by atoms with Gasteiger partial charge in [-0.1, -0.05) is 6.07 Å². The molecule has 0 spiro atoms. The van der Waals surface area contributed by atoms with E-state index in [9.17, 15) is 5.26 Å². The number of aryl methyl sites for hydroxylation is 1. The molecule has 0 bridgehead atoms. The molecule has 2 rings (SSSR count). The van der Waals surface area contributed by atoms with Gasteiger partial charge in [-0.2, -0.15) is 5.26 Å². The fraction of sp³-hybridized carbons (Fsp3) is 0.533. The molecule has 102 valence electrons. The second-order valence-electron chi connectivity index (χ2n) is 4.90. The molecule has 1 aliphatic carbocycles. The number of hydrogen-bond acceptors (Lipinski definition) is 4. The number of benzene rings is 1. The molecule has 0 aliphatic heterocycles. The third-order valence-electron chi connectivity index (χ3n) is 3.73. The Morgan fingerprint density at radius 3 is 3.05 bits per heavy atom. The van der Waals surface area contributed by atoms with Crippen molar-refractivity contribution >= 4 is 0 Å². The lowest BCUT2D eigenvalue weighted by molar-refractivity contribution is 0.273. The quantitative estimate of drug-likeness (QED) is 0.791. The maximum Gasteiger partial charge on any atom is 0.132 e. The van der Waals surface area contributed by atoms with Crippen molar-refractivity contribution in [2.75, 3.05) is 20.3 Å². The second kappa shape index (κ2) is 6.05. The first-order chi connectivity index (χ1) is 9.25. The Morgan fingerprint density at radius 1 is 1.53 bits per heavy atom. The fourth-order valence-corrected chi connectivity index (χ4v) is 2.70. The maximum absolute atomic E-state index is 9.64. The molecule has 4 nitrogen and oxygen atoms in total. The van der Waals surface area contributed by atoms with Crippen molar-refractivity contribution in [1.29, 1.82) is 5.26 Å². The normalized spacial score (nSPS) is 21.5. The summed E-state index contributed by atoms with van der Waals surface area (Å²) in [6, 6.07) is 8.39. The minimum atomic E-state index is -0.642. The van der Waals surface area contributed by atoms with Crippen molar-refractivity contribution in [3.05, 3.63) is 29.3 Å². The molecule has 0 heterocycles. The summed E-state index contributed by atoms with van der Waals surface area (Å²) in [5.74, 6) is 0.782. The molecule has 19 heavy (non-hydrogen) atoms. The number of fused-ring (bicyclic) bond motifs is 1. The lowest BCUT2D eigenvalue weighted by atomic mass is 9.77. The predicted octanol–water partition coefficient (Wildman–Crippen LogP) is 1.72. The highest BCUT2D eigenvalue weighted by Gasteiger charge is 2.36. The molecule has 1 aromatic carbocycles. The first-order valence-corrected chi connectivity index (χ1v) is 6.70. The van der Waals surface area contributed by atoms with Gasteiger partial charge in [-0.25, -0.2) is 0 Å². The van der Waals surface area contributed by atoms with E-state index in [1.54, 1.807) is 7.11 Å². The Labute approximate surface area is 114 Å². The topological polar surface area (TPSA) is 65.3 Å². The molecule has 0 amide bonds. The summed E-state index contributed by atoms with van der Waals surface area (Å²) in [7, 11) is 1.64. The van der Waals surface area contributed by atoms with Crippen LogP contribution in [0.1, 0.15) is 30.4 Å². The lowest BCUT2D eigenvalue weighted by Gasteiger charge is -2.34. The molecule has 0 saturated carbocycles. The number of aliphatic hydroxyl groups is 1. The average Bonchev–Trinajstić information content (AvgIpc) is 2.47. The van der Waals surface area contributed by atoms with Gasteiger partial charge in [-0.3, -0.25) is 5.32 Å². The van der Waals surface area contributed by atoms with Crippen LogP contribution in [0.4, 0.5) is 0 Å². The van der Waals surface area contributed by atoms with Crippen molar-refractivity contribution < 1.29 is 9.84 Å². The minimum absolute atomic E-state index is 0.138. The van der Waals surface area contributed by atoms with Crippen LogP contribution in [0.3, 0.4) is 0 Å². The summed E-state index contributed by atoms with van der Waals surface area (Å²) in [4.78, 5) is 0. The number of rotatable bonds is 5. The number of nitriles is 1. The minimum Gasteiger partial charge on any atom is -0.497 e. The zero-order valence-corrected chi connectivity index (χ0v) is 11.3. The van der Waals surface area contributed by atoms with E-state index in [0.717, 1.165) is 30.6 Å². The molecular formula is C15H20N2O2. The number of methoxy groups -OCH3 is 1. The Bertz CT molecular complexity index is 482. The smallest absolute Gasteiger partial charge is 0.132 e. The zero-order valence-electron chi connectivity index (χ0n) is 11.3. The Morgan fingerprint density at radius 2 is 2.37 bits per heavy atom. The third-order valence-corrected chi connectivity index (χ3v) is 3.73. The zero-order chi connectivity index (χ0) is 13.7. The van der Waals surface area contributed by atoms with Gasteiger partial charge >= 0.3 is 0 Å². The van der Waals surface area contributed by atoms with E-state index in [0.29, 0.717) is 13.0 Å². The second-order valence-corrected chi connectivity index (χ2v) is 4.90. The van der Waals surface area contributed by atoms with Crippen molar-refractivity contribution in [2.24, 2.45) is 0 Å². The first kappa shape index (κ1) is 13.9. The van der Waals surface area contributed by atoms with Crippen LogP contribution in [0.25, 0.3) is 0 Å². The van der Waals surface area contributed by atoms with Crippen molar-refractivity contribution in [3.63, 3.8) is 0 Å². The van der Waals surface area contributed by atoms with Crippen molar-refractivity contribution in [1.82, 2.24) is 5.32 Å². The van der Waals surface area contributed by atoms with Crippen LogP contribution in [0.5, 0.6) is 5.75 Å². The van der Waals surface area contributed by atoms with Gasteiger partial charge in [0.15, 0.2) is 0 Å². The van der Waals surface area contributed by atoms with Crippen LogP contribution in [0, 0.1) is 11.3 Å². The van der Waals surface area contributed by atoms with Gasteiger partial charge in [0.25, 0.3) is 0 Å². The van der Waals surface area contributed by atoms with Crippen LogP contribution in [-0.4, -0.2) is 25.4 Å². The van der Waals surface area contributed by atoms with E-state index < -0.39 is 5.54 Å². The van der Waals surface area contributed by atoms with Gasteiger partial charge < -0.3 is 9.84 Å². The number of aliphatic hydroxyl groups excluding tert-OH is 1. The highest BCUT2D eigenvalue weighted by molar-refractivity contribution is 5.45. The van der Waals surface area contributed by atoms with Crippen LogP contribution in [-0.2, 0) is 12.0 Å². The summed E-state index contributed by atoms with van der Waals surface area (Å²) in [5.41, 5.74) is 1.60. The van der Waals surface area contributed by atoms with Crippen LogP contribution in [0.15, 0.2) is 18.2 Å². The summed E-state index contributed by atoms with van der Waals surface area (Å²) >= 11 is 0. The highest BCUT2D eigenvalue weighted by atomic mass is 16.5. The largest absolute Gasteiger partial charge is 0.497 e. The van der Waals surface area contributed by atoms with E-state index in [4.69, 9.17) is 9.84 Å². The molecule has 0 aromatic heterocycles. The molecule has 2 N–H and O–H groups in total. The Hall–Kier alpha value is -1.57. The van der Waals surface area contributed by atoms with Gasteiger partial charge in [0, 0.05) is 6.61 Å². The van der Waals surface area contributed by atoms with Crippen molar-refractivity contribution in [3.8, 4) is 11.8 Å². The molecule has 1 unspecified atom stereocenters. The maximum atomic E-state index is 9.64.